The van der Waals surface area contributed by atoms with Gasteiger partial charge in [-0.1, -0.05) is 6.92 Å². The first-order chi connectivity index (χ1) is 5.22. The van der Waals surface area contributed by atoms with Gasteiger partial charge < -0.3 is 9.47 Å². The van der Waals surface area contributed by atoms with Crippen LogP contribution in [0.4, 0.5) is 0 Å². The van der Waals surface area contributed by atoms with Crippen molar-refractivity contribution in [2.75, 3.05) is 20.3 Å². The van der Waals surface area contributed by atoms with Gasteiger partial charge >= 0.3 is 0 Å². The van der Waals surface area contributed by atoms with Gasteiger partial charge in [-0.15, -0.1) is 0 Å². The maximum Gasteiger partial charge on any atom is 0.0550 e. The van der Waals surface area contributed by atoms with Crippen molar-refractivity contribution in [1.29, 1.82) is 0 Å². The lowest BCUT2D eigenvalue weighted by molar-refractivity contribution is -0.135. The minimum atomic E-state index is 0.374. The van der Waals surface area contributed by atoms with Crippen LogP contribution < -0.4 is 0 Å². The molecule has 0 aromatic heterocycles. The zero-order valence-corrected chi connectivity index (χ0v) is 7.72. The van der Waals surface area contributed by atoms with Crippen molar-refractivity contribution in [2.24, 2.45) is 5.41 Å². The molecule has 0 aliphatic carbocycles. The van der Waals surface area contributed by atoms with Crippen LogP contribution in [0.5, 0.6) is 0 Å². The number of methoxy groups -OCH3 is 1. The van der Waals surface area contributed by atoms with Gasteiger partial charge in [0.15, 0.2) is 0 Å². The monoisotopic (exact) mass is 158 g/mol. The van der Waals surface area contributed by atoms with Crippen LogP contribution in [-0.2, 0) is 9.47 Å². The van der Waals surface area contributed by atoms with Crippen molar-refractivity contribution in [3.05, 3.63) is 0 Å². The van der Waals surface area contributed by atoms with Gasteiger partial charge in [-0.2, -0.15) is 0 Å². The van der Waals surface area contributed by atoms with E-state index in [0.717, 1.165) is 19.6 Å². The van der Waals surface area contributed by atoms with Crippen molar-refractivity contribution in [1.82, 2.24) is 0 Å². The Morgan fingerprint density at radius 1 is 1.55 bits per heavy atom. The summed E-state index contributed by atoms with van der Waals surface area (Å²) in [7, 11) is 1.77. The Kier molecular flexibility index (Phi) is 2.90. The van der Waals surface area contributed by atoms with Crippen LogP contribution in [0.3, 0.4) is 0 Å². The van der Waals surface area contributed by atoms with Crippen molar-refractivity contribution in [3.63, 3.8) is 0 Å². The van der Waals surface area contributed by atoms with E-state index in [1.807, 2.05) is 0 Å². The molecule has 0 bridgehead atoms. The molecule has 1 aliphatic rings. The first kappa shape index (κ1) is 9.01. The molecule has 1 unspecified atom stereocenters. The van der Waals surface area contributed by atoms with Crippen molar-refractivity contribution in [2.45, 2.75) is 32.8 Å². The Bertz CT molecular complexity index is 113. The summed E-state index contributed by atoms with van der Waals surface area (Å²) in [6, 6.07) is 0. The van der Waals surface area contributed by atoms with Crippen LogP contribution >= 0.6 is 0 Å². The minimum Gasteiger partial charge on any atom is -0.382 e. The van der Waals surface area contributed by atoms with Crippen molar-refractivity contribution in [3.8, 4) is 0 Å². The average Bonchev–Trinajstić information content (AvgIpc) is 1.96. The summed E-state index contributed by atoms with van der Waals surface area (Å²) in [4.78, 5) is 0. The number of hydrogen-bond donors (Lipinski definition) is 0. The van der Waals surface area contributed by atoms with Crippen LogP contribution in [0.2, 0.25) is 0 Å². The molecule has 0 spiro atoms. The molecule has 1 aliphatic heterocycles. The molecular formula is C9H18O2. The maximum absolute atomic E-state index is 5.23. The third kappa shape index (κ3) is 1.94. The van der Waals surface area contributed by atoms with E-state index in [0.29, 0.717) is 11.5 Å². The second-order valence-electron chi connectivity index (χ2n) is 3.60. The van der Waals surface area contributed by atoms with E-state index in [-0.39, 0.29) is 0 Å². The summed E-state index contributed by atoms with van der Waals surface area (Å²) in [5.74, 6) is 0. The fraction of sp³-hybridized carbons (Fsp3) is 1.00. The zero-order chi connectivity index (χ0) is 8.32. The highest BCUT2D eigenvalue weighted by atomic mass is 16.5. The van der Waals surface area contributed by atoms with Gasteiger partial charge in [-0.3, -0.25) is 0 Å². The highest BCUT2D eigenvalue weighted by Crippen LogP contribution is 2.36. The Labute approximate surface area is 68.9 Å². The first-order valence-electron chi connectivity index (χ1n) is 4.33. The first-order valence-corrected chi connectivity index (χ1v) is 4.33. The number of rotatable bonds is 4. The van der Waals surface area contributed by atoms with Crippen molar-refractivity contribution >= 4 is 0 Å². The van der Waals surface area contributed by atoms with Crippen LogP contribution in [0, 0.1) is 5.41 Å². The topological polar surface area (TPSA) is 18.5 Å². The minimum absolute atomic E-state index is 0.374. The van der Waals surface area contributed by atoms with Crippen LogP contribution in [0.1, 0.15) is 26.7 Å². The molecule has 1 rings (SSSR count). The average molecular weight is 158 g/mol. The smallest absolute Gasteiger partial charge is 0.0550 e. The van der Waals surface area contributed by atoms with Gasteiger partial charge in [-0.05, 0) is 19.8 Å². The molecule has 66 valence electrons. The number of ether oxygens (including phenoxy) is 2. The fourth-order valence-corrected chi connectivity index (χ4v) is 1.55. The quantitative estimate of drug-likeness (QED) is 0.621. The van der Waals surface area contributed by atoms with Gasteiger partial charge in [0.1, 0.15) is 0 Å². The molecule has 0 amide bonds. The molecule has 2 heteroatoms. The summed E-state index contributed by atoms with van der Waals surface area (Å²) < 4.78 is 10.4. The fourth-order valence-electron chi connectivity index (χ4n) is 1.55. The molecular weight excluding hydrogens is 140 g/mol. The second-order valence-corrected chi connectivity index (χ2v) is 3.60. The predicted octanol–water partition coefficient (Wildman–Crippen LogP) is 1.84. The van der Waals surface area contributed by atoms with E-state index in [4.69, 9.17) is 9.47 Å². The van der Waals surface area contributed by atoms with Gasteiger partial charge in [0.05, 0.1) is 19.3 Å². The maximum atomic E-state index is 5.23. The van der Waals surface area contributed by atoms with Crippen LogP contribution in [-0.4, -0.2) is 26.4 Å². The molecule has 1 heterocycles. The molecule has 11 heavy (non-hydrogen) atoms. The summed E-state index contributed by atoms with van der Waals surface area (Å²) in [5, 5.41) is 0. The largest absolute Gasteiger partial charge is 0.382 e. The second kappa shape index (κ2) is 3.55. The molecule has 0 aromatic carbocycles. The number of hydrogen-bond acceptors (Lipinski definition) is 2. The van der Waals surface area contributed by atoms with E-state index in [1.165, 1.54) is 6.42 Å². The lowest BCUT2D eigenvalue weighted by Gasteiger charge is -2.42. The lowest BCUT2D eigenvalue weighted by atomic mass is 9.78. The summed E-state index contributed by atoms with van der Waals surface area (Å²) in [6.45, 7) is 6.20. The highest BCUT2D eigenvalue weighted by Gasteiger charge is 2.37. The predicted molar refractivity (Wildman–Crippen MR) is 44.6 cm³/mol. The normalized spacial score (nSPS) is 24.3. The van der Waals surface area contributed by atoms with E-state index in [1.54, 1.807) is 7.11 Å². The van der Waals surface area contributed by atoms with Gasteiger partial charge in [0, 0.05) is 12.5 Å². The Morgan fingerprint density at radius 3 is 2.45 bits per heavy atom. The summed E-state index contributed by atoms with van der Waals surface area (Å²) in [6.07, 6.45) is 2.72. The standard InChI is InChI=1S/C9H18O2/c1-4-9(6-11-7-9)5-8(2)10-3/h8H,4-7H2,1-3H3. The Morgan fingerprint density at radius 2 is 2.18 bits per heavy atom. The highest BCUT2D eigenvalue weighted by molar-refractivity contribution is 4.85. The molecule has 0 N–H and O–H groups in total. The molecule has 0 radical (unpaired) electrons. The molecule has 1 saturated heterocycles. The summed E-state index contributed by atoms with van der Waals surface area (Å²) >= 11 is 0. The SMILES string of the molecule is CCC1(CC(C)OC)COC1. The van der Waals surface area contributed by atoms with E-state index < -0.39 is 0 Å². The van der Waals surface area contributed by atoms with E-state index >= 15 is 0 Å². The Balaban J connectivity index is 2.32. The lowest BCUT2D eigenvalue weighted by Crippen LogP contribution is -2.44. The molecule has 2 nitrogen and oxygen atoms in total. The van der Waals surface area contributed by atoms with Gasteiger partial charge in [-0.25, -0.2) is 0 Å². The zero-order valence-electron chi connectivity index (χ0n) is 7.72. The Hall–Kier alpha value is -0.0800. The van der Waals surface area contributed by atoms with Crippen LogP contribution in [0.25, 0.3) is 0 Å². The van der Waals surface area contributed by atoms with E-state index in [9.17, 15) is 0 Å². The third-order valence-corrected chi connectivity index (χ3v) is 2.69. The van der Waals surface area contributed by atoms with Crippen LogP contribution in [0.15, 0.2) is 0 Å². The third-order valence-electron chi connectivity index (χ3n) is 2.69. The van der Waals surface area contributed by atoms with E-state index in [2.05, 4.69) is 13.8 Å². The summed E-state index contributed by atoms with van der Waals surface area (Å²) in [5.41, 5.74) is 0.440. The van der Waals surface area contributed by atoms with Gasteiger partial charge in [0.25, 0.3) is 0 Å². The van der Waals surface area contributed by atoms with Crippen molar-refractivity contribution < 1.29 is 9.47 Å². The van der Waals surface area contributed by atoms with Gasteiger partial charge in [0.2, 0.25) is 0 Å². The molecule has 1 fully saturated rings. The molecule has 0 saturated carbocycles. The molecule has 1 atom stereocenters. The molecule has 0 aromatic rings.